The average molecular weight is 649 g/mol. The predicted octanol–water partition coefficient (Wildman–Crippen LogP) is 4.88. The highest BCUT2D eigenvalue weighted by Gasteiger charge is 2.70. The summed E-state index contributed by atoms with van der Waals surface area (Å²) in [5, 5.41) is 26.1. The Morgan fingerprint density at radius 2 is 1.91 bits per heavy atom. The van der Waals surface area contributed by atoms with Crippen LogP contribution >= 0.6 is 0 Å². The standard InChI is InChI=1S/C38H52N2O7/c1-21-14-25(47-35(44)27(21)19-41)15-23-6-8-29-28-20-46-38(4)34(43)32(17-33(42)37(38,3)30(28)10-12-36(23,29)2)39-13-11-22-18-40-31-9-7-24(45-5)16-26(22)31/h7,9,16,18,23,25,28-30,32,34,39-41,43H,6,8,10-15,17,19-20H2,1-5H3/t23?,25?,28-,29?,30?,32?,34-,36+,37-,38-/m0/s1. The smallest absolute Gasteiger partial charge is 0.336 e. The molecule has 47 heavy (non-hydrogen) atoms. The van der Waals surface area contributed by atoms with E-state index in [2.05, 4.69) is 24.1 Å². The third-order valence-electron chi connectivity index (χ3n) is 14.0. The first-order valence-corrected chi connectivity index (χ1v) is 17.7. The van der Waals surface area contributed by atoms with Gasteiger partial charge in [-0.05, 0) is 119 Å². The number of hydrogen-bond acceptors (Lipinski definition) is 8. The lowest BCUT2D eigenvalue weighted by atomic mass is 9.45. The minimum atomic E-state index is -0.967. The van der Waals surface area contributed by atoms with Crippen molar-refractivity contribution in [1.82, 2.24) is 10.3 Å². The molecule has 3 aliphatic carbocycles. The Hall–Kier alpha value is -2.72. The summed E-state index contributed by atoms with van der Waals surface area (Å²) in [5.74, 6) is 1.90. The Balaban J connectivity index is 1.03. The number of fused-ring (bicyclic) bond motifs is 6. The van der Waals surface area contributed by atoms with Crippen LogP contribution in [0.25, 0.3) is 10.9 Å². The van der Waals surface area contributed by atoms with Crippen LogP contribution in [-0.2, 0) is 25.5 Å². The van der Waals surface area contributed by atoms with Gasteiger partial charge >= 0.3 is 5.97 Å². The van der Waals surface area contributed by atoms with Gasteiger partial charge in [-0.2, -0.15) is 0 Å². The summed E-state index contributed by atoms with van der Waals surface area (Å²) in [6.07, 6.45) is 7.74. The second-order valence-electron chi connectivity index (χ2n) is 15.8. The fraction of sp³-hybridized carbons (Fsp3) is 0.684. The van der Waals surface area contributed by atoms with Crippen molar-refractivity contribution in [3.8, 4) is 5.75 Å². The predicted molar refractivity (Wildman–Crippen MR) is 178 cm³/mol. The number of methoxy groups -OCH3 is 1. The molecule has 2 aliphatic heterocycles. The van der Waals surface area contributed by atoms with Gasteiger partial charge in [0.05, 0.1) is 37.4 Å². The summed E-state index contributed by atoms with van der Waals surface area (Å²) >= 11 is 0. The maximum atomic E-state index is 14.3. The molecule has 7 rings (SSSR count). The monoisotopic (exact) mass is 648 g/mol. The lowest BCUT2D eigenvalue weighted by Gasteiger charge is -2.64. The number of rotatable bonds is 8. The highest BCUT2D eigenvalue weighted by Crippen LogP contribution is 2.67. The molecule has 0 spiro atoms. The van der Waals surface area contributed by atoms with E-state index in [1.54, 1.807) is 7.11 Å². The van der Waals surface area contributed by atoms with Gasteiger partial charge in [0.15, 0.2) is 0 Å². The van der Waals surface area contributed by atoms with Crippen LogP contribution in [0.2, 0.25) is 0 Å². The number of ether oxygens (including phenoxy) is 3. The summed E-state index contributed by atoms with van der Waals surface area (Å²) in [6, 6.07) is 5.63. The molecule has 1 aromatic heterocycles. The van der Waals surface area contributed by atoms with E-state index in [1.165, 1.54) is 5.56 Å². The lowest BCUT2D eigenvalue weighted by molar-refractivity contribution is -0.273. The van der Waals surface area contributed by atoms with Crippen LogP contribution in [0.15, 0.2) is 35.5 Å². The number of aromatic nitrogens is 1. The summed E-state index contributed by atoms with van der Waals surface area (Å²) in [6.45, 7) is 9.31. The zero-order valence-electron chi connectivity index (χ0n) is 28.6. The van der Waals surface area contributed by atoms with E-state index < -0.39 is 17.1 Å². The van der Waals surface area contributed by atoms with Gasteiger partial charge < -0.3 is 34.7 Å². The van der Waals surface area contributed by atoms with Gasteiger partial charge in [0.25, 0.3) is 0 Å². The number of nitrogens with one attached hydrogen (secondary N) is 2. The number of Topliss-reactive ketones (excluding diaryl/α,β-unsaturated/α-hetero) is 1. The van der Waals surface area contributed by atoms with Gasteiger partial charge in [-0.25, -0.2) is 4.79 Å². The molecule has 4 N–H and O–H groups in total. The Morgan fingerprint density at radius 3 is 2.66 bits per heavy atom. The van der Waals surface area contributed by atoms with Crippen molar-refractivity contribution in [1.29, 1.82) is 0 Å². The van der Waals surface area contributed by atoms with Gasteiger partial charge in [0.2, 0.25) is 0 Å². The van der Waals surface area contributed by atoms with Crippen LogP contribution in [0.1, 0.15) is 78.2 Å². The van der Waals surface area contributed by atoms with Crippen molar-refractivity contribution in [3.63, 3.8) is 0 Å². The number of carbonyl (C=O) groups excluding carboxylic acids is 2. The largest absolute Gasteiger partial charge is 0.497 e. The molecule has 1 aromatic carbocycles. The number of aliphatic hydroxyl groups is 2. The third kappa shape index (κ3) is 5.01. The van der Waals surface area contributed by atoms with Crippen molar-refractivity contribution in [2.45, 2.75) is 103 Å². The lowest BCUT2D eigenvalue weighted by Crippen LogP contribution is -2.74. The zero-order valence-corrected chi connectivity index (χ0v) is 28.6. The minimum absolute atomic E-state index is 0.0861. The molecule has 5 unspecified atom stereocenters. The molecule has 3 heterocycles. The van der Waals surface area contributed by atoms with Crippen LogP contribution < -0.4 is 10.1 Å². The van der Waals surface area contributed by atoms with Crippen molar-refractivity contribution in [3.05, 3.63) is 41.1 Å². The number of hydrogen-bond donors (Lipinski definition) is 4. The van der Waals surface area contributed by atoms with Crippen molar-refractivity contribution >= 4 is 22.7 Å². The quantitative estimate of drug-likeness (QED) is 0.298. The van der Waals surface area contributed by atoms with Crippen LogP contribution in [0.3, 0.4) is 0 Å². The van der Waals surface area contributed by atoms with Crippen molar-refractivity contribution in [2.75, 3.05) is 26.9 Å². The molecule has 0 radical (unpaired) electrons. The molecule has 1 saturated heterocycles. The molecular weight excluding hydrogens is 596 g/mol. The molecule has 2 aromatic rings. The maximum Gasteiger partial charge on any atom is 0.336 e. The van der Waals surface area contributed by atoms with E-state index in [-0.39, 0.29) is 47.8 Å². The Bertz CT molecular complexity index is 1580. The average Bonchev–Trinajstić information content (AvgIpc) is 3.60. The topological polar surface area (TPSA) is 130 Å². The van der Waals surface area contributed by atoms with Crippen LogP contribution in [0.4, 0.5) is 0 Å². The normalized spacial score (nSPS) is 40.2. The Morgan fingerprint density at radius 1 is 1.11 bits per heavy atom. The van der Waals surface area contributed by atoms with E-state index in [0.717, 1.165) is 60.8 Å². The van der Waals surface area contributed by atoms with E-state index in [9.17, 15) is 19.8 Å². The Labute approximate surface area is 277 Å². The second kappa shape index (κ2) is 12.0. The second-order valence-corrected chi connectivity index (χ2v) is 15.8. The van der Waals surface area contributed by atoms with Crippen LogP contribution in [-0.4, -0.2) is 77.7 Å². The van der Waals surface area contributed by atoms with Crippen LogP contribution in [0, 0.1) is 34.5 Å². The van der Waals surface area contributed by atoms with Gasteiger partial charge in [-0.1, -0.05) is 12.5 Å². The highest BCUT2D eigenvalue weighted by molar-refractivity contribution is 5.90. The number of carbonyl (C=O) groups is 2. The fourth-order valence-electron chi connectivity index (χ4n) is 10.9. The number of aliphatic hydroxyl groups excluding tert-OH is 2. The van der Waals surface area contributed by atoms with Crippen molar-refractivity contribution < 1.29 is 34.0 Å². The molecule has 9 heteroatoms. The van der Waals surface area contributed by atoms with E-state index in [1.807, 2.05) is 38.2 Å². The number of H-pyrrole nitrogens is 1. The van der Waals surface area contributed by atoms with Crippen molar-refractivity contribution in [2.24, 2.45) is 34.5 Å². The molecule has 0 amide bonds. The maximum absolute atomic E-state index is 14.3. The molecular formula is C38H52N2O7. The summed E-state index contributed by atoms with van der Waals surface area (Å²) in [7, 11) is 1.67. The summed E-state index contributed by atoms with van der Waals surface area (Å²) in [4.78, 5) is 30.1. The number of cyclic esters (lactones) is 1. The molecule has 4 fully saturated rings. The third-order valence-corrected chi connectivity index (χ3v) is 14.0. The molecule has 10 atom stereocenters. The first-order chi connectivity index (χ1) is 22.4. The number of ketones is 1. The van der Waals surface area contributed by atoms with Gasteiger partial charge in [0, 0.05) is 36.0 Å². The van der Waals surface area contributed by atoms with E-state index in [0.29, 0.717) is 43.4 Å². The fourth-order valence-corrected chi connectivity index (χ4v) is 10.9. The van der Waals surface area contributed by atoms with Gasteiger partial charge in [-0.3, -0.25) is 4.79 Å². The molecule has 3 saturated carbocycles. The Kier molecular flexibility index (Phi) is 8.38. The zero-order chi connectivity index (χ0) is 33.3. The van der Waals surface area contributed by atoms with Gasteiger partial charge in [0.1, 0.15) is 23.2 Å². The summed E-state index contributed by atoms with van der Waals surface area (Å²) in [5.41, 5.74) is 1.92. The van der Waals surface area contributed by atoms with E-state index in [4.69, 9.17) is 14.2 Å². The molecule has 5 aliphatic rings. The van der Waals surface area contributed by atoms with Gasteiger partial charge in [-0.15, -0.1) is 0 Å². The minimum Gasteiger partial charge on any atom is -0.497 e. The SMILES string of the molecule is COc1ccc2[nH]cc(CCNC3CC(=O)[C@]4(C)C5CC[C@]6(C)C(CC7CC(C)=C(CO)C(=O)O7)CCC6[C@@H]5CO[C@@]4(C)[C@H]3O)c2c1. The first kappa shape index (κ1) is 32.8. The first-order valence-electron chi connectivity index (χ1n) is 17.7. The molecule has 0 bridgehead atoms. The molecule has 256 valence electrons. The van der Waals surface area contributed by atoms with Crippen LogP contribution in [0.5, 0.6) is 5.75 Å². The number of aromatic amines is 1. The van der Waals surface area contributed by atoms with E-state index >= 15 is 0 Å². The number of benzene rings is 1. The highest BCUT2D eigenvalue weighted by atomic mass is 16.5. The number of esters is 1. The molecule has 9 nitrogen and oxygen atoms in total. The summed E-state index contributed by atoms with van der Waals surface area (Å²) < 4.78 is 18.0.